The molecule has 0 spiro atoms. The lowest BCUT2D eigenvalue weighted by Crippen LogP contribution is -2.21. The summed E-state index contributed by atoms with van der Waals surface area (Å²) in [5, 5.41) is 19.3. The van der Waals surface area contributed by atoms with Crippen LogP contribution in [0.25, 0.3) is 0 Å². The Hall–Kier alpha value is -2.00. The van der Waals surface area contributed by atoms with Crippen LogP contribution in [0.5, 0.6) is 0 Å². The van der Waals surface area contributed by atoms with Crippen LogP contribution in [0.1, 0.15) is 0 Å². The molecule has 0 unspecified atom stereocenters. The molecule has 0 aromatic heterocycles. The third-order valence-corrected chi connectivity index (χ3v) is 1.78. The summed E-state index contributed by atoms with van der Waals surface area (Å²) in [7, 11) is 0. The van der Waals surface area contributed by atoms with Crippen molar-refractivity contribution >= 4 is 29.9 Å². The lowest BCUT2D eigenvalue weighted by atomic mass is 10.3. The zero-order valence-corrected chi connectivity index (χ0v) is 8.62. The maximum Gasteiger partial charge on any atom is 0.201 e. The van der Waals surface area contributed by atoms with Crippen molar-refractivity contribution in [2.45, 2.75) is 4.90 Å². The average Bonchev–Trinajstić information content (AvgIpc) is 2.18. The van der Waals surface area contributed by atoms with Crippen molar-refractivity contribution in [3.05, 3.63) is 24.3 Å². The molecule has 0 aliphatic carbocycles. The van der Waals surface area contributed by atoms with Crippen LogP contribution in [0.2, 0.25) is 0 Å². The maximum absolute atomic E-state index is 8.57. The predicted octanol–water partition coefficient (Wildman–Crippen LogP) is 1.20. The molecule has 76 valence electrons. The van der Waals surface area contributed by atoms with E-state index in [4.69, 9.17) is 16.4 Å². The third-order valence-electron chi connectivity index (χ3n) is 1.50. The van der Waals surface area contributed by atoms with E-state index in [1.54, 1.807) is 24.3 Å². The summed E-state index contributed by atoms with van der Waals surface area (Å²) in [6, 6.07) is 8.81. The van der Waals surface area contributed by atoms with E-state index < -0.39 is 0 Å². The Labute approximate surface area is 92.5 Å². The van der Waals surface area contributed by atoms with Gasteiger partial charge in [-0.15, -0.1) is 12.6 Å². The lowest BCUT2D eigenvalue weighted by molar-refractivity contribution is 1.31. The summed E-state index contributed by atoms with van der Waals surface area (Å²) in [6.45, 7) is 0. The molecule has 0 heterocycles. The molecule has 0 saturated heterocycles. The number of hydrogen-bond donors (Lipinski definition) is 4. The molecular formula is C9H9N5S. The average molecular weight is 219 g/mol. The molecule has 1 aromatic rings. The first-order valence-electron chi connectivity index (χ1n) is 4.00. The van der Waals surface area contributed by atoms with Crippen molar-refractivity contribution in [2.75, 3.05) is 5.43 Å². The highest BCUT2D eigenvalue weighted by Crippen LogP contribution is 2.13. The fraction of sp³-hybridized carbons (Fsp3) is 0. The van der Waals surface area contributed by atoms with E-state index in [1.165, 1.54) is 0 Å². The molecule has 0 amide bonds. The van der Waals surface area contributed by atoms with Gasteiger partial charge in [0.2, 0.25) is 5.71 Å². The van der Waals surface area contributed by atoms with Crippen LogP contribution in [0, 0.1) is 16.7 Å². The van der Waals surface area contributed by atoms with Gasteiger partial charge in [-0.2, -0.15) is 10.4 Å². The SMILES string of the molecule is N#C/C(=N\Nc1cccc(S)c1)C(=N)N. The summed E-state index contributed by atoms with van der Waals surface area (Å²) in [4.78, 5) is 0.775. The van der Waals surface area contributed by atoms with E-state index in [-0.39, 0.29) is 11.5 Å². The van der Waals surface area contributed by atoms with Crippen molar-refractivity contribution in [1.29, 1.82) is 10.7 Å². The van der Waals surface area contributed by atoms with Crippen molar-refractivity contribution in [3.63, 3.8) is 0 Å². The molecule has 15 heavy (non-hydrogen) atoms. The van der Waals surface area contributed by atoms with E-state index in [2.05, 4.69) is 23.2 Å². The van der Waals surface area contributed by atoms with E-state index in [1.807, 2.05) is 6.07 Å². The predicted molar refractivity (Wildman–Crippen MR) is 62.3 cm³/mol. The third kappa shape index (κ3) is 3.32. The molecule has 0 fully saturated rings. The molecule has 1 aromatic carbocycles. The minimum absolute atomic E-state index is 0.153. The van der Waals surface area contributed by atoms with E-state index >= 15 is 0 Å². The van der Waals surface area contributed by atoms with Gasteiger partial charge in [0, 0.05) is 4.90 Å². The maximum atomic E-state index is 8.57. The molecule has 1 rings (SSSR count). The lowest BCUT2D eigenvalue weighted by Gasteiger charge is -2.01. The molecule has 0 atom stereocenters. The van der Waals surface area contributed by atoms with E-state index in [0.29, 0.717) is 5.69 Å². The zero-order valence-electron chi connectivity index (χ0n) is 7.73. The monoisotopic (exact) mass is 219 g/mol. The summed E-state index contributed by atoms with van der Waals surface area (Å²) in [6.07, 6.45) is 0. The van der Waals surface area contributed by atoms with Gasteiger partial charge < -0.3 is 5.73 Å². The molecule has 6 heteroatoms. The Kier molecular flexibility index (Phi) is 3.71. The van der Waals surface area contributed by atoms with Crippen LogP contribution < -0.4 is 11.2 Å². The number of nitriles is 1. The fourth-order valence-electron chi connectivity index (χ4n) is 0.841. The van der Waals surface area contributed by atoms with Crippen LogP contribution in [0.4, 0.5) is 5.69 Å². The van der Waals surface area contributed by atoms with Gasteiger partial charge in [-0.05, 0) is 18.2 Å². The highest BCUT2D eigenvalue weighted by molar-refractivity contribution is 7.80. The van der Waals surface area contributed by atoms with Gasteiger partial charge in [0.05, 0.1) is 5.69 Å². The number of hydrogen-bond acceptors (Lipinski definition) is 5. The zero-order chi connectivity index (χ0) is 11.3. The molecule has 0 bridgehead atoms. The minimum Gasteiger partial charge on any atom is -0.382 e. The van der Waals surface area contributed by atoms with Gasteiger partial charge in [0.1, 0.15) is 6.07 Å². The number of nitrogens with zero attached hydrogens (tertiary/aromatic N) is 2. The highest BCUT2D eigenvalue weighted by atomic mass is 32.1. The number of nitrogens with two attached hydrogens (primary N) is 1. The van der Waals surface area contributed by atoms with Gasteiger partial charge >= 0.3 is 0 Å². The molecule has 0 saturated carbocycles. The van der Waals surface area contributed by atoms with Gasteiger partial charge in [0.25, 0.3) is 0 Å². The number of anilines is 1. The van der Waals surface area contributed by atoms with Crippen molar-refractivity contribution in [1.82, 2.24) is 0 Å². The van der Waals surface area contributed by atoms with Gasteiger partial charge in [-0.3, -0.25) is 10.8 Å². The summed E-state index contributed by atoms with van der Waals surface area (Å²) in [5.74, 6) is -0.368. The van der Waals surface area contributed by atoms with E-state index in [9.17, 15) is 0 Å². The number of thiol groups is 1. The number of nitrogens with one attached hydrogen (secondary N) is 2. The summed E-state index contributed by atoms with van der Waals surface area (Å²) < 4.78 is 0. The highest BCUT2D eigenvalue weighted by Gasteiger charge is 2.00. The summed E-state index contributed by atoms with van der Waals surface area (Å²) >= 11 is 4.14. The van der Waals surface area contributed by atoms with Gasteiger partial charge in [-0.25, -0.2) is 0 Å². The molecule has 5 nitrogen and oxygen atoms in total. The second-order valence-electron chi connectivity index (χ2n) is 2.65. The first kappa shape index (κ1) is 11.1. The first-order chi connectivity index (χ1) is 7.13. The summed E-state index contributed by atoms with van der Waals surface area (Å²) in [5.41, 5.74) is 8.25. The van der Waals surface area contributed by atoms with E-state index in [0.717, 1.165) is 4.90 Å². The number of amidine groups is 1. The van der Waals surface area contributed by atoms with Crippen LogP contribution >= 0.6 is 12.6 Å². The smallest absolute Gasteiger partial charge is 0.201 e. The fourth-order valence-corrected chi connectivity index (χ4v) is 1.07. The molecule has 0 aliphatic rings. The molecular weight excluding hydrogens is 210 g/mol. The van der Waals surface area contributed by atoms with Gasteiger partial charge in [0.15, 0.2) is 5.84 Å². The Morgan fingerprint density at radius 3 is 2.87 bits per heavy atom. The van der Waals surface area contributed by atoms with Gasteiger partial charge in [-0.1, -0.05) is 6.07 Å². The second kappa shape index (κ2) is 5.02. The Morgan fingerprint density at radius 1 is 1.60 bits per heavy atom. The topological polar surface area (TPSA) is 98.0 Å². The van der Waals surface area contributed by atoms with Crippen molar-refractivity contribution < 1.29 is 0 Å². The molecule has 0 aliphatic heterocycles. The number of benzene rings is 1. The van der Waals surface area contributed by atoms with Crippen LogP contribution in [-0.4, -0.2) is 11.5 Å². The number of hydrazone groups is 1. The largest absolute Gasteiger partial charge is 0.382 e. The van der Waals surface area contributed by atoms with Crippen molar-refractivity contribution in [3.8, 4) is 6.07 Å². The Morgan fingerprint density at radius 2 is 2.33 bits per heavy atom. The van der Waals surface area contributed by atoms with Crippen LogP contribution in [0.15, 0.2) is 34.3 Å². The Bertz CT molecular complexity index is 446. The quantitative estimate of drug-likeness (QED) is 0.266. The minimum atomic E-state index is -0.368. The van der Waals surface area contributed by atoms with Crippen LogP contribution in [-0.2, 0) is 0 Å². The number of rotatable bonds is 3. The standard InChI is InChI=1S/C9H9N5S/c10-5-8(9(11)12)14-13-6-2-1-3-7(15)4-6/h1-4,13,15H,(H3,11,12)/b14-8+. The molecule has 0 radical (unpaired) electrons. The molecule has 4 N–H and O–H groups in total. The first-order valence-corrected chi connectivity index (χ1v) is 4.45. The Balaban J connectivity index is 2.80. The van der Waals surface area contributed by atoms with Crippen molar-refractivity contribution in [2.24, 2.45) is 10.8 Å². The van der Waals surface area contributed by atoms with Crippen LogP contribution in [0.3, 0.4) is 0 Å². The normalized spacial score (nSPS) is 10.5. The second-order valence-corrected chi connectivity index (χ2v) is 3.16.